The number of nitrogens with one attached hydrogen (secondary N) is 1. The van der Waals surface area contributed by atoms with E-state index in [2.05, 4.69) is 5.32 Å². The van der Waals surface area contributed by atoms with Crippen molar-refractivity contribution in [3.63, 3.8) is 0 Å². The predicted molar refractivity (Wildman–Crippen MR) is 80.6 cm³/mol. The van der Waals surface area contributed by atoms with Gasteiger partial charge in [-0.05, 0) is 46.5 Å². The van der Waals surface area contributed by atoms with E-state index in [1.54, 1.807) is 0 Å². The van der Waals surface area contributed by atoms with Crippen LogP contribution in [0.25, 0.3) is 0 Å². The topological polar surface area (TPSA) is 75.6 Å². The molecule has 0 spiro atoms. The maximum atomic E-state index is 12.3. The highest BCUT2D eigenvalue weighted by Gasteiger charge is 2.31. The Morgan fingerprint density at radius 2 is 2.00 bits per heavy atom. The van der Waals surface area contributed by atoms with Crippen LogP contribution in [-0.4, -0.2) is 34.7 Å². The number of ether oxygens (including phenoxy) is 1. The molecule has 1 unspecified atom stereocenters. The van der Waals surface area contributed by atoms with Crippen LogP contribution >= 0.6 is 0 Å². The van der Waals surface area contributed by atoms with Crippen LogP contribution in [-0.2, 0) is 14.3 Å². The first-order valence-corrected chi connectivity index (χ1v) is 7.94. The number of hydrogen-bond donors (Lipinski definition) is 2. The zero-order valence-electron chi connectivity index (χ0n) is 13.6. The van der Waals surface area contributed by atoms with E-state index in [-0.39, 0.29) is 17.8 Å². The van der Waals surface area contributed by atoms with Gasteiger partial charge in [0, 0.05) is 5.92 Å². The fraction of sp³-hybridized carbons (Fsp3) is 0.875. The molecule has 0 aromatic carbocycles. The first-order valence-electron chi connectivity index (χ1n) is 7.94. The van der Waals surface area contributed by atoms with Gasteiger partial charge in [0.2, 0.25) is 5.91 Å². The molecule has 0 aromatic rings. The molecular weight excluding hydrogens is 270 g/mol. The molecule has 0 radical (unpaired) electrons. The maximum Gasteiger partial charge on any atom is 0.329 e. The Bertz CT molecular complexity index is 362. The minimum absolute atomic E-state index is 0.141. The molecule has 1 aliphatic rings. The molecule has 0 bridgehead atoms. The standard InChI is InChI=1S/C16H29NO4/c1-5-7-13(15(20)21-16(2,3)4)17-14(19)11-8-6-9-12(18)10-11/h11-13,18H,5-10H2,1-4H3,(H,17,19)/t11-,12+,13?/m1/s1. The molecule has 3 atom stereocenters. The van der Waals surface area contributed by atoms with Crippen LogP contribution in [0.3, 0.4) is 0 Å². The third-order valence-corrected chi connectivity index (χ3v) is 3.60. The van der Waals surface area contributed by atoms with Gasteiger partial charge in [0.15, 0.2) is 0 Å². The van der Waals surface area contributed by atoms with Crippen molar-refractivity contribution >= 4 is 11.9 Å². The molecule has 5 nitrogen and oxygen atoms in total. The van der Waals surface area contributed by atoms with Gasteiger partial charge in [0.05, 0.1) is 6.10 Å². The molecule has 1 rings (SSSR count). The number of hydrogen-bond acceptors (Lipinski definition) is 4. The highest BCUT2D eigenvalue weighted by Crippen LogP contribution is 2.24. The van der Waals surface area contributed by atoms with Crippen molar-refractivity contribution in [2.45, 2.75) is 84.0 Å². The van der Waals surface area contributed by atoms with Crippen molar-refractivity contribution in [2.24, 2.45) is 5.92 Å². The van der Waals surface area contributed by atoms with Crippen LogP contribution in [0.1, 0.15) is 66.2 Å². The first kappa shape index (κ1) is 18.0. The monoisotopic (exact) mass is 299 g/mol. The lowest BCUT2D eigenvalue weighted by Crippen LogP contribution is -2.47. The van der Waals surface area contributed by atoms with Crippen LogP contribution in [0.2, 0.25) is 0 Å². The molecule has 0 saturated heterocycles. The van der Waals surface area contributed by atoms with E-state index in [1.807, 2.05) is 27.7 Å². The molecule has 1 saturated carbocycles. The summed E-state index contributed by atoms with van der Waals surface area (Å²) in [6.07, 6.45) is 3.82. The summed E-state index contributed by atoms with van der Waals surface area (Å²) in [6.45, 7) is 7.40. The number of aliphatic hydroxyl groups excluding tert-OH is 1. The Kier molecular flexibility index (Phi) is 6.65. The second-order valence-electron chi connectivity index (χ2n) is 6.90. The van der Waals surface area contributed by atoms with Crippen molar-refractivity contribution in [3.05, 3.63) is 0 Å². The summed E-state index contributed by atoms with van der Waals surface area (Å²) in [7, 11) is 0. The van der Waals surface area contributed by atoms with Gasteiger partial charge in [-0.15, -0.1) is 0 Å². The van der Waals surface area contributed by atoms with Gasteiger partial charge in [-0.3, -0.25) is 4.79 Å². The molecule has 21 heavy (non-hydrogen) atoms. The number of carbonyl (C=O) groups is 2. The Morgan fingerprint density at radius 1 is 1.33 bits per heavy atom. The minimum Gasteiger partial charge on any atom is -0.458 e. The molecule has 5 heteroatoms. The van der Waals surface area contributed by atoms with Gasteiger partial charge in [-0.1, -0.05) is 19.8 Å². The molecule has 0 aliphatic heterocycles. The van der Waals surface area contributed by atoms with Gasteiger partial charge >= 0.3 is 5.97 Å². The van der Waals surface area contributed by atoms with Gasteiger partial charge < -0.3 is 15.2 Å². The molecule has 122 valence electrons. The molecular formula is C16H29NO4. The lowest BCUT2D eigenvalue weighted by Gasteiger charge is -2.28. The number of amides is 1. The summed E-state index contributed by atoms with van der Waals surface area (Å²) in [4.78, 5) is 24.4. The SMILES string of the molecule is CCCC(NC(=O)[C@@H]1CCC[C@H](O)C1)C(=O)OC(C)(C)C. The smallest absolute Gasteiger partial charge is 0.329 e. The van der Waals surface area contributed by atoms with Crippen LogP contribution in [0, 0.1) is 5.92 Å². The average molecular weight is 299 g/mol. The Morgan fingerprint density at radius 3 is 2.52 bits per heavy atom. The third kappa shape index (κ3) is 6.46. The second-order valence-corrected chi connectivity index (χ2v) is 6.90. The zero-order chi connectivity index (χ0) is 16.0. The van der Waals surface area contributed by atoms with E-state index >= 15 is 0 Å². The fourth-order valence-electron chi connectivity index (χ4n) is 2.60. The number of esters is 1. The van der Waals surface area contributed by atoms with E-state index in [0.29, 0.717) is 12.8 Å². The predicted octanol–water partition coefficient (Wildman–Crippen LogP) is 2.16. The van der Waals surface area contributed by atoms with E-state index < -0.39 is 17.7 Å². The van der Waals surface area contributed by atoms with Crippen molar-refractivity contribution in [3.8, 4) is 0 Å². The van der Waals surface area contributed by atoms with Crippen LogP contribution < -0.4 is 5.32 Å². The normalized spacial score (nSPS) is 24.2. The van der Waals surface area contributed by atoms with E-state index in [0.717, 1.165) is 25.7 Å². The summed E-state index contributed by atoms with van der Waals surface area (Å²) in [5.41, 5.74) is -0.561. The van der Waals surface area contributed by atoms with E-state index in [4.69, 9.17) is 4.74 Å². The van der Waals surface area contributed by atoms with Crippen LogP contribution in [0.5, 0.6) is 0 Å². The maximum absolute atomic E-state index is 12.3. The van der Waals surface area contributed by atoms with Gasteiger partial charge in [0.1, 0.15) is 11.6 Å². The summed E-state index contributed by atoms with van der Waals surface area (Å²) >= 11 is 0. The van der Waals surface area contributed by atoms with E-state index in [1.165, 1.54) is 0 Å². The summed E-state index contributed by atoms with van der Waals surface area (Å²) < 4.78 is 5.36. The fourth-order valence-corrected chi connectivity index (χ4v) is 2.60. The second kappa shape index (κ2) is 7.78. The van der Waals surface area contributed by atoms with Crippen LogP contribution in [0.4, 0.5) is 0 Å². The van der Waals surface area contributed by atoms with E-state index in [9.17, 15) is 14.7 Å². The largest absolute Gasteiger partial charge is 0.458 e. The van der Waals surface area contributed by atoms with Crippen molar-refractivity contribution in [1.29, 1.82) is 0 Å². The Balaban J connectivity index is 2.60. The zero-order valence-corrected chi connectivity index (χ0v) is 13.6. The third-order valence-electron chi connectivity index (χ3n) is 3.60. The summed E-state index contributed by atoms with van der Waals surface area (Å²) in [5, 5.41) is 12.5. The molecule has 0 aromatic heterocycles. The van der Waals surface area contributed by atoms with Crippen molar-refractivity contribution < 1.29 is 19.4 Å². The highest BCUT2D eigenvalue weighted by molar-refractivity contribution is 5.86. The molecule has 1 aliphatic carbocycles. The number of carbonyl (C=O) groups excluding carboxylic acids is 2. The Labute approximate surface area is 127 Å². The van der Waals surface area contributed by atoms with Gasteiger partial charge in [0.25, 0.3) is 0 Å². The number of rotatable bonds is 5. The quantitative estimate of drug-likeness (QED) is 0.763. The molecule has 1 amide bonds. The lowest BCUT2D eigenvalue weighted by molar-refractivity contribution is -0.159. The lowest BCUT2D eigenvalue weighted by atomic mass is 9.86. The van der Waals surface area contributed by atoms with Crippen molar-refractivity contribution in [2.75, 3.05) is 0 Å². The Hall–Kier alpha value is -1.10. The number of aliphatic hydroxyl groups is 1. The molecule has 2 N–H and O–H groups in total. The van der Waals surface area contributed by atoms with Gasteiger partial charge in [-0.25, -0.2) is 4.79 Å². The van der Waals surface area contributed by atoms with Gasteiger partial charge in [-0.2, -0.15) is 0 Å². The van der Waals surface area contributed by atoms with Crippen molar-refractivity contribution in [1.82, 2.24) is 5.32 Å². The summed E-state index contributed by atoms with van der Waals surface area (Å²) in [6, 6.07) is -0.596. The molecule has 0 heterocycles. The molecule has 1 fully saturated rings. The average Bonchev–Trinajstić information content (AvgIpc) is 2.36. The highest BCUT2D eigenvalue weighted by atomic mass is 16.6. The minimum atomic E-state index is -0.596. The summed E-state index contributed by atoms with van der Waals surface area (Å²) in [5.74, 6) is -0.720. The first-order chi connectivity index (χ1) is 9.73. The van der Waals surface area contributed by atoms with Crippen LogP contribution in [0.15, 0.2) is 0 Å².